The number of hydrogen-bond acceptors (Lipinski definition) is 4. The Balaban J connectivity index is 2.02. The second-order valence-corrected chi connectivity index (χ2v) is 4.92. The Labute approximate surface area is 110 Å². The number of amides is 1. The molecular weight excluding hydrogens is 246 g/mol. The van der Waals surface area contributed by atoms with Gasteiger partial charge in [-0.3, -0.25) is 4.79 Å². The van der Waals surface area contributed by atoms with Gasteiger partial charge in [-0.2, -0.15) is 0 Å². The number of thiazole rings is 1. The molecule has 0 fully saturated rings. The molecule has 0 saturated heterocycles. The number of carbonyl (C=O) groups excluding carboxylic acids is 1. The smallest absolute Gasteiger partial charge is 0.239 e. The third-order valence-electron chi connectivity index (χ3n) is 2.49. The molecule has 1 aromatic heterocycles. The summed E-state index contributed by atoms with van der Waals surface area (Å²) in [5, 5.41) is 5.20. The van der Waals surface area contributed by atoms with Crippen LogP contribution >= 0.6 is 11.3 Å². The minimum atomic E-state index is -0.216. The van der Waals surface area contributed by atoms with E-state index in [1.807, 2.05) is 5.38 Å². The van der Waals surface area contributed by atoms with Gasteiger partial charge in [-0.25, -0.2) is 4.98 Å². The maximum Gasteiger partial charge on any atom is 0.239 e. The van der Waals surface area contributed by atoms with Gasteiger partial charge in [0, 0.05) is 11.8 Å². The Bertz CT molecular complexity index is 533. The summed E-state index contributed by atoms with van der Waals surface area (Å²) >= 11 is 1.42. The number of benzene rings is 1. The zero-order chi connectivity index (χ0) is 13.0. The highest BCUT2D eigenvalue weighted by molar-refractivity contribution is 7.13. The molecule has 0 bridgehead atoms. The summed E-state index contributed by atoms with van der Waals surface area (Å²) in [6, 6.07) is 8.34. The minimum Gasteiger partial charge on any atom is -0.322 e. The van der Waals surface area contributed by atoms with Crippen LogP contribution in [-0.2, 0) is 11.2 Å². The minimum absolute atomic E-state index is 0.0210. The van der Waals surface area contributed by atoms with E-state index in [0.717, 1.165) is 12.1 Å². The number of nitrogens with one attached hydrogen (secondary N) is 1. The van der Waals surface area contributed by atoms with Gasteiger partial charge in [0.1, 0.15) is 0 Å². The first kappa shape index (κ1) is 12.7. The highest BCUT2D eigenvalue weighted by atomic mass is 32.1. The molecule has 4 nitrogen and oxygen atoms in total. The van der Waals surface area contributed by atoms with E-state index in [4.69, 9.17) is 5.73 Å². The molecule has 1 amide bonds. The van der Waals surface area contributed by atoms with Gasteiger partial charge < -0.3 is 11.1 Å². The molecular formula is C13H15N3OS. The molecule has 0 saturated carbocycles. The highest BCUT2D eigenvalue weighted by Crippen LogP contribution is 2.18. The van der Waals surface area contributed by atoms with Crippen molar-refractivity contribution in [3.8, 4) is 0 Å². The van der Waals surface area contributed by atoms with Gasteiger partial charge in [-0.05, 0) is 12.5 Å². The van der Waals surface area contributed by atoms with Crippen LogP contribution in [0.25, 0.3) is 0 Å². The molecule has 0 atom stereocenters. The number of aromatic nitrogens is 1. The van der Waals surface area contributed by atoms with Crippen molar-refractivity contribution in [2.45, 2.75) is 13.3 Å². The van der Waals surface area contributed by atoms with Crippen LogP contribution in [0.4, 0.5) is 5.13 Å². The third-order valence-corrected chi connectivity index (χ3v) is 3.30. The van der Waals surface area contributed by atoms with Crippen LogP contribution in [0.1, 0.15) is 16.8 Å². The fourth-order valence-electron chi connectivity index (χ4n) is 1.53. The first-order valence-electron chi connectivity index (χ1n) is 5.67. The number of anilines is 1. The largest absolute Gasteiger partial charge is 0.322 e. The summed E-state index contributed by atoms with van der Waals surface area (Å²) in [5.74, 6) is -0.216. The first-order chi connectivity index (χ1) is 8.67. The molecule has 94 valence electrons. The summed E-state index contributed by atoms with van der Waals surface area (Å²) in [6.45, 7) is 2.04. The van der Waals surface area contributed by atoms with Gasteiger partial charge in [0.25, 0.3) is 0 Å². The molecule has 2 rings (SSSR count). The summed E-state index contributed by atoms with van der Waals surface area (Å²) in [6.07, 6.45) is 0.773. The van der Waals surface area contributed by atoms with Gasteiger partial charge >= 0.3 is 0 Å². The average molecular weight is 261 g/mol. The van der Waals surface area contributed by atoms with Crippen molar-refractivity contribution >= 4 is 22.4 Å². The molecule has 0 aliphatic rings. The highest BCUT2D eigenvalue weighted by Gasteiger charge is 2.05. The lowest BCUT2D eigenvalue weighted by atomic mass is 10.1. The van der Waals surface area contributed by atoms with Crippen molar-refractivity contribution in [2.75, 3.05) is 11.9 Å². The maximum absolute atomic E-state index is 11.1. The topological polar surface area (TPSA) is 68.0 Å². The average Bonchev–Trinajstić information content (AvgIpc) is 2.79. The number of aryl methyl sites for hydroxylation is 1. The zero-order valence-electron chi connectivity index (χ0n) is 10.1. The summed E-state index contributed by atoms with van der Waals surface area (Å²) in [5.41, 5.74) is 8.64. The van der Waals surface area contributed by atoms with E-state index in [1.54, 1.807) is 0 Å². The van der Waals surface area contributed by atoms with Crippen LogP contribution in [-0.4, -0.2) is 17.4 Å². The molecule has 0 aliphatic carbocycles. The predicted molar refractivity (Wildman–Crippen MR) is 73.8 cm³/mol. The molecule has 0 radical (unpaired) electrons. The van der Waals surface area contributed by atoms with Crippen LogP contribution in [0.2, 0.25) is 0 Å². The van der Waals surface area contributed by atoms with E-state index >= 15 is 0 Å². The summed E-state index contributed by atoms with van der Waals surface area (Å²) in [7, 11) is 0. The molecule has 2 aromatic rings. The fraction of sp³-hybridized carbons (Fsp3) is 0.231. The predicted octanol–water partition coefficient (Wildman–Crippen LogP) is 1.94. The first-order valence-corrected chi connectivity index (χ1v) is 6.55. The Morgan fingerprint density at radius 2 is 2.11 bits per heavy atom. The van der Waals surface area contributed by atoms with Crippen molar-refractivity contribution < 1.29 is 4.79 Å². The number of nitrogens with zero attached hydrogens (tertiary/aromatic N) is 1. The van der Waals surface area contributed by atoms with E-state index < -0.39 is 0 Å². The molecule has 0 unspecified atom stereocenters. The van der Waals surface area contributed by atoms with Gasteiger partial charge in [0.2, 0.25) is 5.91 Å². The zero-order valence-corrected chi connectivity index (χ0v) is 11.0. The second-order valence-electron chi connectivity index (χ2n) is 4.06. The van der Waals surface area contributed by atoms with E-state index in [0.29, 0.717) is 5.13 Å². The lowest BCUT2D eigenvalue weighted by Gasteiger charge is -1.99. The van der Waals surface area contributed by atoms with Crippen LogP contribution in [0.3, 0.4) is 0 Å². The van der Waals surface area contributed by atoms with Crippen LogP contribution in [0.15, 0.2) is 29.6 Å². The molecule has 5 heteroatoms. The number of rotatable bonds is 4. The monoisotopic (exact) mass is 261 g/mol. The number of hydrogen-bond donors (Lipinski definition) is 2. The van der Waals surface area contributed by atoms with Crippen LogP contribution in [0.5, 0.6) is 0 Å². The van der Waals surface area contributed by atoms with Crippen molar-refractivity contribution in [3.63, 3.8) is 0 Å². The Hall–Kier alpha value is -1.72. The quantitative estimate of drug-likeness (QED) is 0.883. The third kappa shape index (κ3) is 3.38. The SMILES string of the molecule is Cc1ccc(Cc2csc(NC(=O)CN)n2)cc1. The van der Waals surface area contributed by atoms with E-state index in [-0.39, 0.29) is 12.5 Å². The van der Waals surface area contributed by atoms with E-state index in [9.17, 15) is 4.79 Å². The Morgan fingerprint density at radius 1 is 1.39 bits per heavy atom. The molecule has 3 N–H and O–H groups in total. The Morgan fingerprint density at radius 3 is 2.78 bits per heavy atom. The maximum atomic E-state index is 11.1. The fourth-order valence-corrected chi connectivity index (χ4v) is 2.26. The molecule has 1 heterocycles. The van der Waals surface area contributed by atoms with Gasteiger partial charge in [-0.15, -0.1) is 11.3 Å². The standard InChI is InChI=1S/C13H15N3OS/c1-9-2-4-10(5-3-9)6-11-8-18-13(15-11)16-12(17)7-14/h2-5,8H,6-7,14H2,1H3,(H,15,16,17). The van der Waals surface area contributed by atoms with E-state index in [2.05, 4.69) is 41.5 Å². The van der Waals surface area contributed by atoms with Gasteiger partial charge in [-0.1, -0.05) is 29.8 Å². The number of carbonyl (C=O) groups is 1. The Kier molecular flexibility index (Phi) is 4.07. The number of nitrogens with two attached hydrogens (primary N) is 1. The van der Waals surface area contributed by atoms with Gasteiger partial charge in [0.05, 0.1) is 12.2 Å². The van der Waals surface area contributed by atoms with Crippen molar-refractivity contribution in [1.82, 2.24) is 4.98 Å². The molecule has 0 spiro atoms. The van der Waals surface area contributed by atoms with Crippen molar-refractivity contribution in [1.29, 1.82) is 0 Å². The van der Waals surface area contributed by atoms with Crippen LogP contribution < -0.4 is 11.1 Å². The van der Waals surface area contributed by atoms with E-state index in [1.165, 1.54) is 22.5 Å². The molecule has 18 heavy (non-hydrogen) atoms. The van der Waals surface area contributed by atoms with Crippen LogP contribution in [0, 0.1) is 6.92 Å². The lowest BCUT2D eigenvalue weighted by Crippen LogP contribution is -2.21. The molecule has 1 aromatic carbocycles. The van der Waals surface area contributed by atoms with Crippen molar-refractivity contribution in [2.24, 2.45) is 5.73 Å². The summed E-state index contributed by atoms with van der Waals surface area (Å²) in [4.78, 5) is 15.5. The lowest BCUT2D eigenvalue weighted by molar-refractivity contribution is -0.114. The molecule has 0 aliphatic heterocycles. The second kappa shape index (κ2) is 5.75. The normalized spacial score (nSPS) is 10.3. The summed E-state index contributed by atoms with van der Waals surface area (Å²) < 4.78 is 0. The van der Waals surface area contributed by atoms with Crippen molar-refractivity contribution in [3.05, 3.63) is 46.5 Å². The van der Waals surface area contributed by atoms with Gasteiger partial charge in [0.15, 0.2) is 5.13 Å².